The molecule has 0 aromatic heterocycles. The van der Waals surface area contributed by atoms with Crippen LogP contribution in [-0.4, -0.2) is 53.3 Å². The van der Waals surface area contributed by atoms with Gasteiger partial charge in [-0.3, -0.25) is 4.90 Å². The summed E-state index contributed by atoms with van der Waals surface area (Å²) >= 11 is 3.34. The summed E-state index contributed by atoms with van der Waals surface area (Å²) in [5.74, 6) is -1.08. The Bertz CT molecular complexity index is 724. The minimum Gasteiger partial charge on any atom is -0.480 e. The number of rotatable bonds is 2. The Morgan fingerprint density at radius 2 is 2.04 bits per heavy atom. The maximum Gasteiger partial charge on any atom is 0.411 e. The van der Waals surface area contributed by atoms with Gasteiger partial charge in [0, 0.05) is 29.8 Å². The van der Waals surface area contributed by atoms with E-state index in [9.17, 15) is 14.7 Å². The first-order valence-corrected chi connectivity index (χ1v) is 8.58. The molecule has 1 amide bonds. The van der Waals surface area contributed by atoms with Crippen LogP contribution in [-0.2, 0) is 9.53 Å². The molecule has 1 aromatic carbocycles. The Morgan fingerprint density at radius 1 is 1.36 bits per heavy atom. The maximum atomic E-state index is 12.3. The minimum absolute atomic E-state index is 0.146. The lowest BCUT2D eigenvalue weighted by atomic mass is 10.1. The Kier molecular flexibility index (Phi) is 5.58. The number of halogens is 1. The van der Waals surface area contributed by atoms with Gasteiger partial charge in [0.15, 0.2) is 0 Å². The van der Waals surface area contributed by atoms with Crippen molar-refractivity contribution in [1.29, 1.82) is 5.26 Å². The quantitative estimate of drug-likeness (QED) is 0.806. The van der Waals surface area contributed by atoms with Crippen molar-refractivity contribution in [2.24, 2.45) is 0 Å². The van der Waals surface area contributed by atoms with Gasteiger partial charge in [0.25, 0.3) is 0 Å². The molecular weight excluding hydrogens is 390 g/mol. The van der Waals surface area contributed by atoms with Crippen LogP contribution in [0.1, 0.15) is 26.3 Å². The first kappa shape index (κ1) is 19.1. The fourth-order valence-corrected chi connectivity index (χ4v) is 3.01. The van der Waals surface area contributed by atoms with E-state index in [4.69, 9.17) is 10.00 Å². The van der Waals surface area contributed by atoms with Crippen molar-refractivity contribution in [3.05, 3.63) is 28.2 Å². The topological polar surface area (TPSA) is 93.9 Å². The number of anilines is 1. The van der Waals surface area contributed by atoms with E-state index in [2.05, 4.69) is 22.0 Å². The number of piperazine rings is 1. The van der Waals surface area contributed by atoms with Gasteiger partial charge in [-0.15, -0.1) is 0 Å². The SMILES string of the molecule is CC(C)(C)OC(=O)N1CCN(c2ccc(C#N)c(Br)c2)C[C@H]1C(=O)O. The fourth-order valence-electron chi connectivity index (χ4n) is 2.56. The number of nitrogens with zero attached hydrogens (tertiary/aromatic N) is 3. The summed E-state index contributed by atoms with van der Waals surface area (Å²) in [6, 6.07) is 6.29. The number of hydrogen-bond acceptors (Lipinski definition) is 5. The van der Waals surface area contributed by atoms with E-state index in [0.717, 1.165) is 5.69 Å². The second kappa shape index (κ2) is 7.31. The highest BCUT2D eigenvalue weighted by atomic mass is 79.9. The Morgan fingerprint density at radius 3 is 2.56 bits per heavy atom. The van der Waals surface area contributed by atoms with Crippen LogP contribution < -0.4 is 4.90 Å². The normalized spacial score (nSPS) is 17.8. The van der Waals surface area contributed by atoms with Crippen LogP contribution in [0.25, 0.3) is 0 Å². The summed E-state index contributed by atoms with van der Waals surface area (Å²) in [5, 5.41) is 18.5. The molecule has 1 N–H and O–H groups in total. The van der Waals surface area contributed by atoms with E-state index in [0.29, 0.717) is 16.6 Å². The monoisotopic (exact) mass is 409 g/mol. The highest BCUT2D eigenvalue weighted by Crippen LogP contribution is 2.26. The van der Waals surface area contributed by atoms with E-state index < -0.39 is 23.7 Å². The number of ether oxygens (including phenoxy) is 1. The number of carbonyl (C=O) groups is 2. The van der Waals surface area contributed by atoms with E-state index in [1.807, 2.05) is 4.90 Å². The molecule has 2 rings (SSSR count). The summed E-state index contributed by atoms with van der Waals surface area (Å²) < 4.78 is 5.96. The van der Waals surface area contributed by atoms with Crippen LogP contribution in [0.15, 0.2) is 22.7 Å². The van der Waals surface area contributed by atoms with E-state index in [1.54, 1.807) is 39.0 Å². The zero-order chi connectivity index (χ0) is 18.8. The van der Waals surface area contributed by atoms with Crippen molar-refractivity contribution < 1.29 is 19.4 Å². The zero-order valence-electron chi connectivity index (χ0n) is 14.3. The standard InChI is InChI=1S/C17H20BrN3O4/c1-17(2,3)25-16(24)21-7-6-20(10-14(21)15(22)23)12-5-4-11(9-19)13(18)8-12/h4-5,8,14H,6-7,10H2,1-3H3,(H,22,23)/t14-/m0/s1. The van der Waals surface area contributed by atoms with Crippen molar-refractivity contribution in [2.45, 2.75) is 32.4 Å². The molecule has 1 heterocycles. The molecular formula is C17H20BrN3O4. The number of carboxylic acid groups (broad SMARTS) is 1. The molecule has 1 saturated heterocycles. The summed E-state index contributed by atoms with van der Waals surface area (Å²) in [7, 11) is 0. The molecule has 1 aliphatic rings. The molecule has 8 heteroatoms. The third-order valence-electron chi connectivity index (χ3n) is 3.73. The third kappa shape index (κ3) is 4.63. The van der Waals surface area contributed by atoms with Gasteiger partial charge in [-0.1, -0.05) is 0 Å². The maximum absolute atomic E-state index is 12.3. The molecule has 0 aliphatic carbocycles. The van der Waals surface area contributed by atoms with Gasteiger partial charge in [0.2, 0.25) is 0 Å². The summed E-state index contributed by atoms with van der Waals surface area (Å²) in [5.41, 5.74) is 0.613. The van der Waals surface area contributed by atoms with Gasteiger partial charge >= 0.3 is 12.1 Å². The second-order valence-electron chi connectivity index (χ2n) is 6.75. The van der Waals surface area contributed by atoms with Crippen LogP contribution in [0.3, 0.4) is 0 Å². The fraction of sp³-hybridized carbons (Fsp3) is 0.471. The minimum atomic E-state index is -1.08. The van der Waals surface area contributed by atoms with E-state index in [-0.39, 0.29) is 13.1 Å². The van der Waals surface area contributed by atoms with Crippen LogP contribution in [0.4, 0.5) is 10.5 Å². The molecule has 25 heavy (non-hydrogen) atoms. The molecule has 1 aromatic rings. The molecule has 0 bridgehead atoms. The number of aliphatic carboxylic acids is 1. The molecule has 0 unspecified atom stereocenters. The lowest BCUT2D eigenvalue weighted by Gasteiger charge is -2.40. The molecule has 134 valence electrons. The average molecular weight is 410 g/mol. The van der Waals surface area contributed by atoms with Gasteiger partial charge in [-0.05, 0) is 54.9 Å². The van der Waals surface area contributed by atoms with Gasteiger partial charge < -0.3 is 14.7 Å². The highest BCUT2D eigenvalue weighted by molar-refractivity contribution is 9.10. The first-order chi connectivity index (χ1) is 11.6. The third-order valence-corrected chi connectivity index (χ3v) is 4.39. The van der Waals surface area contributed by atoms with Gasteiger partial charge in [0.1, 0.15) is 17.7 Å². The van der Waals surface area contributed by atoms with E-state index in [1.165, 1.54) is 4.90 Å². The molecule has 7 nitrogen and oxygen atoms in total. The predicted molar refractivity (Wildman–Crippen MR) is 95.4 cm³/mol. The van der Waals surface area contributed by atoms with Crippen molar-refractivity contribution in [3.8, 4) is 6.07 Å². The summed E-state index contributed by atoms with van der Waals surface area (Å²) in [6.07, 6.45) is -0.624. The smallest absolute Gasteiger partial charge is 0.411 e. The molecule has 1 fully saturated rings. The van der Waals surface area contributed by atoms with Crippen LogP contribution in [0.2, 0.25) is 0 Å². The lowest BCUT2D eigenvalue weighted by molar-refractivity contribution is -0.143. The molecule has 0 saturated carbocycles. The molecule has 0 radical (unpaired) electrons. The van der Waals surface area contributed by atoms with E-state index >= 15 is 0 Å². The average Bonchev–Trinajstić information content (AvgIpc) is 2.52. The lowest BCUT2D eigenvalue weighted by Crippen LogP contribution is -2.59. The van der Waals surface area contributed by atoms with Crippen molar-refractivity contribution >= 4 is 33.7 Å². The van der Waals surface area contributed by atoms with Crippen molar-refractivity contribution in [2.75, 3.05) is 24.5 Å². The van der Waals surface area contributed by atoms with Gasteiger partial charge in [-0.25, -0.2) is 9.59 Å². The van der Waals surface area contributed by atoms with Crippen molar-refractivity contribution in [3.63, 3.8) is 0 Å². The Hall–Kier alpha value is -2.27. The zero-order valence-corrected chi connectivity index (χ0v) is 15.9. The van der Waals surface area contributed by atoms with Crippen LogP contribution in [0.5, 0.6) is 0 Å². The molecule has 0 spiro atoms. The highest BCUT2D eigenvalue weighted by Gasteiger charge is 2.37. The molecule has 1 aliphatic heterocycles. The number of hydrogen-bond donors (Lipinski definition) is 1. The number of amides is 1. The molecule has 1 atom stereocenters. The van der Waals surface area contributed by atoms with Crippen molar-refractivity contribution in [1.82, 2.24) is 4.90 Å². The summed E-state index contributed by atoms with van der Waals surface area (Å²) in [4.78, 5) is 27.1. The number of carboxylic acids is 1. The largest absolute Gasteiger partial charge is 0.480 e. The van der Waals surface area contributed by atoms with Gasteiger partial charge in [0.05, 0.1) is 5.56 Å². The number of benzene rings is 1. The number of carbonyl (C=O) groups excluding carboxylic acids is 1. The predicted octanol–water partition coefficient (Wildman–Crippen LogP) is 2.83. The van der Waals surface area contributed by atoms with Crippen LogP contribution >= 0.6 is 15.9 Å². The van der Waals surface area contributed by atoms with Crippen LogP contribution in [0, 0.1) is 11.3 Å². The Labute approximate surface area is 154 Å². The second-order valence-corrected chi connectivity index (χ2v) is 7.60. The first-order valence-electron chi connectivity index (χ1n) is 7.79. The summed E-state index contributed by atoms with van der Waals surface area (Å²) in [6.45, 7) is 6.08. The number of nitriles is 1. The van der Waals surface area contributed by atoms with Gasteiger partial charge in [-0.2, -0.15) is 5.26 Å². The Balaban J connectivity index is 2.19.